The second-order valence-corrected chi connectivity index (χ2v) is 4.34. The Kier molecular flexibility index (Phi) is 5.77. The zero-order valence-corrected chi connectivity index (χ0v) is 10.6. The van der Waals surface area contributed by atoms with Crippen molar-refractivity contribution in [2.45, 2.75) is 45.2 Å². The molecule has 0 amide bonds. The van der Waals surface area contributed by atoms with Crippen molar-refractivity contribution in [3.8, 4) is 0 Å². The number of nitrogens with zero attached hydrogens (tertiary/aromatic N) is 1. The van der Waals surface area contributed by atoms with Gasteiger partial charge < -0.3 is 9.47 Å². The maximum atomic E-state index is 11.5. The molecule has 1 unspecified atom stereocenters. The first-order valence-corrected chi connectivity index (χ1v) is 6.09. The molecule has 0 heterocycles. The normalized spacial score (nSPS) is 17.5. The van der Waals surface area contributed by atoms with Gasteiger partial charge in [0, 0.05) is 25.8 Å². The number of rotatable bonds is 8. The Hall–Kier alpha value is -0.610. The maximum Gasteiger partial charge on any atom is 0.320 e. The summed E-state index contributed by atoms with van der Waals surface area (Å²) >= 11 is 0. The van der Waals surface area contributed by atoms with Crippen LogP contribution in [0.3, 0.4) is 0 Å². The van der Waals surface area contributed by atoms with Crippen molar-refractivity contribution in [1.82, 2.24) is 4.90 Å². The minimum Gasteiger partial charge on any atom is -0.465 e. The molecule has 1 atom stereocenters. The first-order valence-electron chi connectivity index (χ1n) is 6.09. The summed E-state index contributed by atoms with van der Waals surface area (Å²) in [5, 5.41) is 0. The van der Waals surface area contributed by atoms with Gasteiger partial charge in [0.15, 0.2) is 0 Å². The van der Waals surface area contributed by atoms with Crippen LogP contribution in [0, 0.1) is 0 Å². The van der Waals surface area contributed by atoms with Gasteiger partial charge in [-0.1, -0.05) is 0 Å². The monoisotopic (exact) mass is 229 g/mol. The van der Waals surface area contributed by atoms with Crippen molar-refractivity contribution < 1.29 is 14.3 Å². The molecule has 1 aliphatic carbocycles. The molecule has 1 fully saturated rings. The average molecular weight is 229 g/mol. The first-order chi connectivity index (χ1) is 7.69. The van der Waals surface area contributed by atoms with E-state index in [1.54, 1.807) is 7.11 Å². The Morgan fingerprint density at radius 1 is 1.50 bits per heavy atom. The summed E-state index contributed by atoms with van der Waals surface area (Å²) in [7, 11) is 1.71. The summed E-state index contributed by atoms with van der Waals surface area (Å²) in [4.78, 5) is 13.7. The smallest absolute Gasteiger partial charge is 0.320 e. The third-order valence-corrected chi connectivity index (χ3v) is 2.94. The van der Waals surface area contributed by atoms with E-state index in [2.05, 4.69) is 11.8 Å². The molecule has 0 radical (unpaired) electrons. The van der Waals surface area contributed by atoms with Gasteiger partial charge in [-0.3, -0.25) is 9.69 Å². The molecule has 1 saturated carbocycles. The fourth-order valence-corrected chi connectivity index (χ4v) is 1.86. The van der Waals surface area contributed by atoms with Crippen LogP contribution >= 0.6 is 0 Å². The van der Waals surface area contributed by atoms with Gasteiger partial charge in [0.1, 0.15) is 0 Å². The average Bonchev–Trinajstić information content (AvgIpc) is 3.06. The van der Waals surface area contributed by atoms with E-state index in [1.165, 1.54) is 12.8 Å². The van der Waals surface area contributed by atoms with Gasteiger partial charge in [-0.15, -0.1) is 0 Å². The quantitative estimate of drug-likeness (QED) is 0.590. The Bertz CT molecular complexity index is 216. The minimum atomic E-state index is -0.112. The van der Waals surface area contributed by atoms with Crippen LogP contribution in [0.25, 0.3) is 0 Å². The molecule has 0 aromatic rings. The molecule has 0 N–H and O–H groups in total. The number of esters is 1. The van der Waals surface area contributed by atoms with Crippen LogP contribution < -0.4 is 0 Å². The van der Waals surface area contributed by atoms with Crippen LogP contribution in [0.2, 0.25) is 0 Å². The van der Waals surface area contributed by atoms with Gasteiger partial charge in [0.05, 0.1) is 13.2 Å². The highest BCUT2D eigenvalue weighted by Crippen LogP contribution is 2.29. The summed E-state index contributed by atoms with van der Waals surface area (Å²) < 4.78 is 10.1. The molecule has 16 heavy (non-hydrogen) atoms. The van der Waals surface area contributed by atoms with E-state index < -0.39 is 0 Å². The zero-order chi connectivity index (χ0) is 12.0. The molecule has 0 aromatic heterocycles. The number of carbonyl (C=O) groups excluding carboxylic acids is 1. The molecule has 0 aromatic carbocycles. The van der Waals surface area contributed by atoms with Gasteiger partial charge in [-0.25, -0.2) is 0 Å². The van der Waals surface area contributed by atoms with E-state index in [-0.39, 0.29) is 5.97 Å². The lowest BCUT2D eigenvalue weighted by atomic mass is 10.2. The predicted octanol–water partition coefficient (Wildman–Crippen LogP) is 1.44. The summed E-state index contributed by atoms with van der Waals surface area (Å²) in [6.45, 7) is 5.62. The maximum absolute atomic E-state index is 11.5. The molecular formula is C12H23NO3. The molecule has 1 rings (SSSR count). The van der Waals surface area contributed by atoms with Crippen LogP contribution in [-0.4, -0.2) is 49.8 Å². The highest BCUT2D eigenvalue weighted by atomic mass is 16.5. The van der Waals surface area contributed by atoms with E-state index in [0.717, 1.165) is 13.0 Å². The van der Waals surface area contributed by atoms with Crippen LogP contribution in [0.5, 0.6) is 0 Å². The van der Waals surface area contributed by atoms with Crippen LogP contribution in [0.1, 0.15) is 33.1 Å². The topological polar surface area (TPSA) is 38.8 Å². The molecule has 0 aliphatic heterocycles. The standard InChI is InChI=1S/C12H23NO3/c1-4-16-12(14)9-13(11-5-6-11)10(2)7-8-15-3/h10-11H,4-9H2,1-3H3. The van der Waals surface area contributed by atoms with Gasteiger partial charge in [0.2, 0.25) is 0 Å². The van der Waals surface area contributed by atoms with Crippen molar-refractivity contribution in [3.63, 3.8) is 0 Å². The Morgan fingerprint density at radius 3 is 2.69 bits per heavy atom. The number of ether oxygens (including phenoxy) is 2. The lowest BCUT2D eigenvalue weighted by Gasteiger charge is -2.27. The fourth-order valence-electron chi connectivity index (χ4n) is 1.86. The Balaban J connectivity index is 2.37. The predicted molar refractivity (Wildman–Crippen MR) is 62.3 cm³/mol. The van der Waals surface area contributed by atoms with E-state index in [0.29, 0.717) is 25.2 Å². The van der Waals surface area contributed by atoms with Crippen molar-refractivity contribution in [2.24, 2.45) is 0 Å². The van der Waals surface area contributed by atoms with Gasteiger partial charge in [-0.2, -0.15) is 0 Å². The van der Waals surface area contributed by atoms with Crippen molar-refractivity contribution >= 4 is 5.97 Å². The molecule has 4 nitrogen and oxygen atoms in total. The second kappa shape index (κ2) is 6.86. The van der Waals surface area contributed by atoms with Gasteiger partial charge >= 0.3 is 5.97 Å². The number of methoxy groups -OCH3 is 1. The largest absolute Gasteiger partial charge is 0.465 e. The summed E-state index contributed by atoms with van der Waals surface area (Å²) in [5.41, 5.74) is 0. The van der Waals surface area contributed by atoms with Crippen molar-refractivity contribution in [1.29, 1.82) is 0 Å². The third kappa shape index (κ3) is 4.49. The Labute approximate surface area is 97.9 Å². The van der Waals surface area contributed by atoms with Crippen LogP contribution in [0.4, 0.5) is 0 Å². The number of hydrogen-bond donors (Lipinski definition) is 0. The highest BCUT2D eigenvalue weighted by molar-refractivity contribution is 5.71. The van der Waals surface area contributed by atoms with Crippen LogP contribution in [0.15, 0.2) is 0 Å². The molecular weight excluding hydrogens is 206 g/mol. The van der Waals surface area contributed by atoms with Gasteiger partial charge in [0.25, 0.3) is 0 Å². The lowest BCUT2D eigenvalue weighted by molar-refractivity contribution is -0.145. The van der Waals surface area contributed by atoms with Crippen molar-refractivity contribution in [2.75, 3.05) is 26.9 Å². The molecule has 0 spiro atoms. The van der Waals surface area contributed by atoms with E-state index in [9.17, 15) is 4.79 Å². The number of hydrogen-bond acceptors (Lipinski definition) is 4. The molecule has 94 valence electrons. The first kappa shape index (κ1) is 13.5. The summed E-state index contributed by atoms with van der Waals surface area (Å²) in [6, 6.07) is 0.966. The third-order valence-electron chi connectivity index (χ3n) is 2.94. The SMILES string of the molecule is CCOC(=O)CN(C(C)CCOC)C1CC1. The highest BCUT2D eigenvalue weighted by Gasteiger charge is 2.33. The van der Waals surface area contributed by atoms with Crippen LogP contribution in [-0.2, 0) is 14.3 Å². The van der Waals surface area contributed by atoms with Gasteiger partial charge in [-0.05, 0) is 33.1 Å². The summed E-state index contributed by atoms with van der Waals surface area (Å²) in [6.07, 6.45) is 3.37. The number of carbonyl (C=O) groups is 1. The Morgan fingerprint density at radius 2 is 2.19 bits per heavy atom. The lowest BCUT2D eigenvalue weighted by Crippen LogP contribution is -2.40. The van der Waals surface area contributed by atoms with E-state index >= 15 is 0 Å². The molecule has 1 aliphatic rings. The van der Waals surface area contributed by atoms with E-state index in [1.807, 2.05) is 6.92 Å². The molecule has 4 heteroatoms. The fraction of sp³-hybridized carbons (Fsp3) is 0.917. The van der Waals surface area contributed by atoms with Crippen molar-refractivity contribution in [3.05, 3.63) is 0 Å². The minimum absolute atomic E-state index is 0.112. The van der Waals surface area contributed by atoms with E-state index in [4.69, 9.17) is 9.47 Å². The molecule has 0 saturated heterocycles. The molecule has 0 bridgehead atoms. The summed E-state index contributed by atoms with van der Waals surface area (Å²) in [5.74, 6) is -0.112. The second-order valence-electron chi connectivity index (χ2n) is 4.34. The zero-order valence-electron chi connectivity index (χ0n) is 10.6.